The van der Waals surface area contributed by atoms with Gasteiger partial charge in [0.2, 0.25) is 0 Å². The molecule has 0 aromatic heterocycles. The first-order chi connectivity index (χ1) is 14.1. The molecule has 8 nitrogen and oxygen atoms in total. The molecule has 0 aromatic rings. The minimum absolute atomic E-state index is 0. The van der Waals surface area contributed by atoms with Crippen molar-refractivity contribution >= 4 is 20.2 Å². The Morgan fingerprint density at radius 2 is 1.38 bits per heavy atom. The molecule has 4 rings (SSSR count). The van der Waals surface area contributed by atoms with E-state index < -0.39 is 20.2 Å². The summed E-state index contributed by atoms with van der Waals surface area (Å²) in [6, 6.07) is 0. The van der Waals surface area contributed by atoms with Crippen molar-refractivity contribution in [3.8, 4) is 0 Å². The third-order valence-electron chi connectivity index (χ3n) is 6.65. The topological polar surface area (TPSA) is 136 Å². The van der Waals surface area contributed by atoms with Crippen LogP contribution in [0.5, 0.6) is 0 Å². The van der Waals surface area contributed by atoms with Crippen LogP contribution in [0.25, 0.3) is 0 Å². The molecule has 184 valence electrons. The zero-order valence-electron chi connectivity index (χ0n) is 20.2. The predicted octanol–water partition coefficient (Wildman–Crippen LogP) is -0.616. The summed E-state index contributed by atoms with van der Waals surface area (Å²) < 4.78 is 60.6. The molecule has 11 heteroatoms. The second-order valence-electron chi connectivity index (χ2n) is 11.0. The van der Waals surface area contributed by atoms with Gasteiger partial charge in [0.05, 0.1) is 15.9 Å². The molecule has 0 atom stereocenters. The molecule has 4 aliphatic rings. The van der Waals surface area contributed by atoms with E-state index in [1.54, 1.807) is 0 Å². The first-order valence-electron chi connectivity index (χ1n) is 11.5. The van der Waals surface area contributed by atoms with Crippen LogP contribution in [-0.2, 0) is 20.2 Å². The molecule has 4 fully saturated rings. The summed E-state index contributed by atoms with van der Waals surface area (Å²) in [5.41, 5.74) is 0.490. The summed E-state index contributed by atoms with van der Waals surface area (Å²) in [5.74, 6) is 2.46. The van der Waals surface area contributed by atoms with Crippen LogP contribution in [0.4, 0.5) is 0 Å². The second kappa shape index (κ2) is 12.6. The molecule has 0 spiro atoms. The van der Waals surface area contributed by atoms with Gasteiger partial charge in [0.15, 0.2) is 0 Å². The minimum Gasteiger partial charge on any atom is -0.748 e. The van der Waals surface area contributed by atoms with Gasteiger partial charge in [0.25, 0.3) is 10.1 Å². The summed E-state index contributed by atoms with van der Waals surface area (Å²) in [7, 11) is -7.82. The molecule has 0 saturated heterocycles. The van der Waals surface area contributed by atoms with Crippen LogP contribution in [0.15, 0.2) is 0 Å². The molecule has 0 radical (unpaired) electrons. The van der Waals surface area contributed by atoms with Crippen molar-refractivity contribution in [2.75, 3.05) is 31.1 Å². The van der Waals surface area contributed by atoms with E-state index in [9.17, 15) is 21.4 Å². The quantitative estimate of drug-likeness (QED) is 0.204. The molecular weight excluding hydrogens is 463 g/mol. The molecule has 4 saturated carbocycles. The number of nitrogens with one attached hydrogen (secondary N) is 2. The predicted molar refractivity (Wildman–Crippen MR) is 121 cm³/mol. The molecule has 32 heavy (non-hydrogen) atoms. The van der Waals surface area contributed by atoms with Crippen LogP contribution in [0.3, 0.4) is 0 Å². The summed E-state index contributed by atoms with van der Waals surface area (Å²) in [5, 5.41) is 6.53. The fourth-order valence-corrected chi connectivity index (χ4v) is 6.96. The van der Waals surface area contributed by atoms with Crippen LogP contribution in [0, 0.1) is 23.2 Å². The molecule has 0 heterocycles. The zero-order chi connectivity index (χ0) is 23.3. The Hall–Kier alpha value is 0.740. The van der Waals surface area contributed by atoms with Gasteiger partial charge in [-0.3, -0.25) is 4.55 Å². The Balaban J connectivity index is 0.000000346. The normalized spacial score (nSPS) is 29.2. The third-order valence-corrected chi connectivity index (χ3v) is 8.24. The van der Waals surface area contributed by atoms with Crippen LogP contribution >= 0.6 is 0 Å². The zero-order valence-corrected chi connectivity index (χ0v) is 23.9. The Kier molecular flexibility index (Phi) is 12.1. The molecule has 0 unspecified atom stereocenters. The van der Waals surface area contributed by atoms with Crippen LogP contribution in [-0.4, -0.2) is 62.6 Å². The number of hydrogen-bond donors (Lipinski definition) is 3. The van der Waals surface area contributed by atoms with Crippen LogP contribution in [0.2, 0.25) is 0 Å². The van der Waals surface area contributed by atoms with Gasteiger partial charge in [-0.15, -0.1) is 0 Å². The van der Waals surface area contributed by atoms with E-state index in [0.29, 0.717) is 31.3 Å². The van der Waals surface area contributed by atoms with Gasteiger partial charge in [-0.1, -0.05) is 0 Å². The Labute approximate surface area is 217 Å². The molecule has 4 bridgehead atoms. The van der Waals surface area contributed by atoms with Crippen molar-refractivity contribution < 1.29 is 55.5 Å². The SMILES string of the molecule is CC(C)(C)NCCCS(=O)(=O)O.O=S(=O)([O-])CCCNCC12CC3CC(CC(C3)C1)C2.[Na+]. The fraction of sp³-hybridized carbons (Fsp3) is 1.00. The van der Waals surface area contributed by atoms with Crippen molar-refractivity contribution in [2.45, 2.75) is 77.7 Å². The first kappa shape index (κ1) is 30.8. The number of rotatable bonds is 10. The summed E-state index contributed by atoms with van der Waals surface area (Å²) in [6.45, 7) is 8.28. The van der Waals surface area contributed by atoms with Crippen molar-refractivity contribution in [1.82, 2.24) is 10.6 Å². The van der Waals surface area contributed by atoms with Gasteiger partial charge >= 0.3 is 29.6 Å². The minimum atomic E-state index is -4.04. The van der Waals surface area contributed by atoms with E-state index in [2.05, 4.69) is 10.6 Å². The van der Waals surface area contributed by atoms with Crippen molar-refractivity contribution in [3.05, 3.63) is 0 Å². The van der Waals surface area contributed by atoms with E-state index in [-0.39, 0.29) is 46.6 Å². The summed E-state index contributed by atoms with van der Waals surface area (Å²) >= 11 is 0. The maximum absolute atomic E-state index is 10.5. The van der Waals surface area contributed by atoms with Crippen molar-refractivity contribution in [2.24, 2.45) is 23.2 Å². The molecule has 0 aliphatic heterocycles. The number of hydrogen-bond acceptors (Lipinski definition) is 7. The van der Waals surface area contributed by atoms with Gasteiger partial charge in [0.1, 0.15) is 0 Å². The Morgan fingerprint density at radius 3 is 1.78 bits per heavy atom. The molecule has 0 amide bonds. The van der Waals surface area contributed by atoms with Gasteiger partial charge in [-0.2, -0.15) is 8.42 Å². The van der Waals surface area contributed by atoms with Crippen LogP contribution < -0.4 is 40.2 Å². The maximum Gasteiger partial charge on any atom is 1.00 e. The average Bonchev–Trinajstić information content (AvgIpc) is 2.55. The summed E-state index contributed by atoms with van der Waals surface area (Å²) in [6.07, 6.45) is 9.34. The van der Waals surface area contributed by atoms with Gasteiger partial charge in [-0.05, 0) is 108 Å². The smallest absolute Gasteiger partial charge is 0.748 e. The van der Waals surface area contributed by atoms with E-state index in [1.165, 1.54) is 38.5 Å². The Morgan fingerprint density at radius 1 is 0.906 bits per heavy atom. The third kappa shape index (κ3) is 12.4. The van der Waals surface area contributed by atoms with Crippen molar-refractivity contribution in [1.29, 1.82) is 0 Å². The molecule has 0 aromatic carbocycles. The maximum atomic E-state index is 10.5. The Bertz CT molecular complexity index is 745. The molecule has 4 aliphatic carbocycles. The summed E-state index contributed by atoms with van der Waals surface area (Å²) in [4.78, 5) is 0. The standard InChI is InChI=1S/C14H25NO3S.C7H17NO3S.Na/c16-19(17,18)3-1-2-15-10-14-7-11-4-12(8-14)6-13(5-11)9-14;1-7(2,3)8-5-4-6-12(9,10)11;/h11-13,15H,1-10H2,(H,16,17,18);8H,4-6H2,1-3H3,(H,9,10,11);/q;;+1/p-1. The van der Waals surface area contributed by atoms with Crippen molar-refractivity contribution in [3.63, 3.8) is 0 Å². The molecule has 3 N–H and O–H groups in total. The van der Waals surface area contributed by atoms with E-state index in [0.717, 1.165) is 24.3 Å². The van der Waals surface area contributed by atoms with E-state index >= 15 is 0 Å². The average molecular weight is 505 g/mol. The largest absolute Gasteiger partial charge is 1.00 e. The van der Waals surface area contributed by atoms with Gasteiger partial charge in [0, 0.05) is 17.8 Å². The van der Waals surface area contributed by atoms with Gasteiger partial charge in [-0.25, -0.2) is 8.42 Å². The van der Waals surface area contributed by atoms with Crippen LogP contribution in [0.1, 0.15) is 72.1 Å². The molecular formula is C21H41N2NaO6S2. The monoisotopic (exact) mass is 504 g/mol. The van der Waals surface area contributed by atoms with E-state index in [4.69, 9.17) is 4.55 Å². The first-order valence-corrected chi connectivity index (χ1v) is 14.7. The van der Waals surface area contributed by atoms with Gasteiger partial charge < -0.3 is 15.2 Å². The second-order valence-corrected chi connectivity index (χ2v) is 14.1. The fourth-order valence-electron chi connectivity index (χ4n) is 5.95. The van der Waals surface area contributed by atoms with E-state index in [1.807, 2.05) is 20.8 Å².